The van der Waals surface area contributed by atoms with Crippen LogP contribution >= 0.6 is 12.2 Å². The Labute approximate surface area is 167 Å². The average molecular weight is 396 g/mol. The topological polar surface area (TPSA) is 80.6 Å². The van der Waals surface area contributed by atoms with E-state index in [9.17, 15) is 9.59 Å². The third kappa shape index (κ3) is 4.95. The van der Waals surface area contributed by atoms with Gasteiger partial charge in [0, 0.05) is 11.1 Å². The molecule has 0 bridgehead atoms. The molecule has 28 heavy (non-hydrogen) atoms. The molecule has 0 spiro atoms. The monoisotopic (exact) mass is 396 g/mol. The van der Waals surface area contributed by atoms with Gasteiger partial charge in [-0.15, -0.1) is 0 Å². The number of fused-ring (bicyclic) bond motifs is 1. The molecule has 0 aliphatic heterocycles. The summed E-state index contributed by atoms with van der Waals surface area (Å²) in [4.78, 5) is 24.2. The molecule has 6 nitrogen and oxygen atoms in total. The van der Waals surface area contributed by atoms with Gasteiger partial charge in [0.05, 0.1) is 12.2 Å². The van der Waals surface area contributed by atoms with Crippen LogP contribution in [0, 0.1) is 0 Å². The van der Waals surface area contributed by atoms with E-state index in [0.29, 0.717) is 23.4 Å². The number of benzene rings is 2. The first-order valence-corrected chi connectivity index (χ1v) is 9.35. The molecule has 1 heterocycles. The van der Waals surface area contributed by atoms with Crippen molar-refractivity contribution in [1.29, 1.82) is 0 Å². The van der Waals surface area contributed by atoms with Crippen LogP contribution < -0.4 is 10.6 Å². The van der Waals surface area contributed by atoms with E-state index in [1.54, 1.807) is 36.4 Å². The van der Waals surface area contributed by atoms with Crippen LogP contribution in [0.4, 0.5) is 5.69 Å². The number of anilines is 1. The van der Waals surface area contributed by atoms with Gasteiger partial charge in [0.15, 0.2) is 10.9 Å². The van der Waals surface area contributed by atoms with Gasteiger partial charge >= 0.3 is 5.97 Å². The van der Waals surface area contributed by atoms with E-state index in [1.807, 2.05) is 25.1 Å². The number of para-hydroxylation sites is 1. The number of carbonyl (C=O) groups is 2. The van der Waals surface area contributed by atoms with Gasteiger partial charge in [-0.2, -0.15) is 0 Å². The summed E-state index contributed by atoms with van der Waals surface area (Å²) in [5, 5.41) is 6.44. The molecule has 0 unspecified atom stereocenters. The molecule has 1 amide bonds. The summed E-state index contributed by atoms with van der Waals surface area (Å²) >= 11 is 5.17. The maximum absolute atomic E-state index is 12.3. The van der Waals surface area contributed by atoms with Crippen molar-refractivity contribution in [2.45, 2.75) is 19.8 Å². The summed E-state index contributed by atoms with van der Waals surface area (Å²) in [6.07, 6.45) is 1.80. The lowest BCUT2D eigenvalue weighted by molar-refractivity contribution is 0.0499. The van der Waals surface area contributed by atoms with Crippen LogP contribution in [0.25, 0.3) is 11.0 Å². The molecule has 3 rings (SSSR count). The molecule has 144 valence electrons. The van der Waals surface area contributed by atoms with Crippen LogP contribution in [0.3, 0.4) is 0 Å². The Morgan fingerprint density at radius 1 is 1.11 bits per heavy atom. The molecular weight excluding hydrogens is 376 g/mol. The molecule has 0 atom stereocenters. The van der Waals surface area contributed by atoms with Crippen LogP contribution in [-0.4, -0.2) is 23.6 Å². The number of thiocarbonyl (C=S) groups is 1. The summed E-state index contributed by atoms with van der Waals surface area (Å²) in [6, 6.07) is 15.7. The number of esters is 1. The number of carbonyl (C=O) groups excluding carboxylic acids is 2. The number of nitrogens with one attached hydrogen (secondary N) is 2. The first-order valence-electron chi connectivity index (χ1n) is 8.95. The number of furan rings is 1. The Morgan fingerprint density at radius 3 is 2.57 bits per heavy atom. The second kappa shape index (κ2) is 9.14. The fourth-order valence-electron chi connectivity index (χ4n) is 2.50. The van der Waals surface area contributed by atoms with Crippen LogP contribution in [-0.2, 0) is 4.74 Å². The number of hydrogen-bond acceptors (Lipinski definition) is 5. The maximum atomic E-state index is 12.3. The third-order valence-electron chi connectivity index (χ3n) is 3.99. The van der Waals surface area contributed by atoms with E-state index in [-0.39, 0.29) is 16.8 Å². The maximum Gasteiger partial charge on any atom is 0.338 e. The highest BCUT2D eigenvalue weighted by Crippen LogP contribution is 2.18. The minimum absolute atomic E-state index is 0.128. The van der Waals surface area contributed by atoms with E-state index in [0.717, 1.165) is 18.2 Å². The Kier molecular flexibility index (Phi) is 6.39. The SMILES string of the molecule is CCCCOC(=O)c1ccc(NC(=S)NC(=O)c2cc3ccccc3o2)cc1. The first kappa shape index (κ1) is 19.6. The zero-order valence-electron chi connectivity index (χ0n) is 15.4. The Bertz CT molecular complexity index is 962. The average Bonchev–Trinajstić information content (AvgIpc) is 3.13. The molecule has 0 aliphatic rings. The highest BCUT2D eigenvalue weighted by Gasteiger charge is 2.14. The van der Waals surface area contributed by atoms with E-state index >= 15 is 0 Å². The Hall–Kier alpha value is -3.19. The lowest BCUT2D eigenvalue weighted by atomic mass is 10.2. The fraction of sp³-hybridized carbons (Fsp3) is 0.190. The van der Waals surface area contributed by atoms with Gasteiger partial charge < -0.3 is 14.5 Å². The van der Waals surface area contributed by atoms with E-state index < -0.39 is 5.91 Å². The smallest absolute Gasteiger partial charge is 0.338 e. The van der Waals surface area contributed by atoms with Crippen molar-refractivity contribution in [3.63, 3.8) is 0 Å². The van der Waals surface area contributed by atoms with Crippen molar-refractivity contribution in [1.82, 2.24) is 5.32 Å². The van der Waals surface area contributed by atoms with Crippen LogP contribution in [0.1, 0.15) is 40.7 Å². The predicted molar refractivity (Wildman–Crippen MR) is 112 cm³/mol. The van der Waals surface area contributed by atoms with E-state index in [4.69, 9.17) is 21.4 Å². The van der Waals surface area contributed by atoms with Crippen molar-refractivity contribution < 1.29 is 18.7 Å². The second-order valence-electron chi connectivity index (χ2n) is 6.12. The van der Waals surface area contributed by atoms with Gasteiger partial charge in [-0.25, -0.2) is 4.79 Å². The lowest BCUT2D eigenvalue weighted by Gasteiger charge is -2.09. The van der Waals surface area contributed by atoms with Crippen molar-refractivity contribution in [3.05, 3.63) is 65.9 Å². The summed E-state index contributed by atoms with van der Waals surface area (Å²) in [7, 11) is 0. The number of hydrogen-bond donors (Lipinski definition) is 2. The lowest BCUT2D eigenvalue weighted by Crippen LogP contribution is -2.33. The molecule has 0 saturated carbocycles. The minimum Gasteiger partial charge on any atom is -0.462 e. The van der Waals surface area contributed by atoms with Crippen LogP contribution in [0.2, 0.25) is 0 Å². The summed E-state index contributed by atoms with van der Waals surface area (Å²) in [5.41, 5.74) is 1.73. The molecule has 1 aromatic heterocycles. The minimum atomic E-state index is -0.440. The summed E-state index contributed by atoms with van der Waals surface area (Å²) in [6.45, 7) is 2.44. The van der Waals surface area contributed by atoms with Gasteiger partial charge in [-0.3, -0.25) is 10.1 Å². The first-order chi connectivity index (χ1) is 13.6. The third-order valence-corrected chi connectivity index (χ3v) is 4.19. The number of unbranched alkanes of at least 4 members (excludes halogenated alkanes) is 1. The fourth-order valence-corrected chi connectivity index (χ4v) is 2.71. The molecule has 0 radical (unpaired) electrons. The van der Waals surface area contributed by atoms with Crippen molar-refractivity contribution in [3.8, 4) is 0 Å². The predicted octanol–water partition coefficient (Wildman–Crippen LogP) is 4.52. The highest BCUT2D eigenvalue weighted by atomic mass is 32.1. The van der Waals surface area contributed by atoms with Crippen molar-refractivity contribution >= 4 is 45.9 Å². The highest BCUT2D eigenvalue weighted by molar-refractivity contribution is 7.80. The zero-order valence-corrected chi connectivity index (χ0v) is 16.2. The molecule has 0 fully saturated rings. The quantitative estimate of drug-likeness (QED) is 0.362. The molecule has 2 aromatic carbocycles. The molecule has 7 heteroatoms. The Morgan fingerprint density at radius 2 is 1.86 bits per heavy atom. The van der Waals surface area contributed by atoms with Gasteiger partial charge in [0.1, 0.15) is 5.58 Å². The van der Waals surface area contributed by atoms with Crippen LogP contribution in [0.15, 0.2) is 59.0 Å². The van der Waals surface area contributed by atoms with Crippen molar-refractivity contribution in [2.24, 2.45) is 0 Å². The summed E-state index contributed by atoms with van der Waals surface area (Å²) in [5.74, 6) is -0.624. The number of amides is 1. The molecule has 0 saturated heterocycles. The summed E-state index contributed by atoms with van der Waals surface area (Å²) < 4.78 is 10.7. The molecule has 0 aliphatic carbocycles. The molecule has 2 N–H and O–H groups in total. The largest absolute Gasteiger partial charge is 0.462 e. The van der Waals surface area contributed by atoms with Gasteiger partial charge in [0.2, 0.25) is 0 Å². The molecular formula is C21H20N2O4S. The standard InChI is InChI=1S/C21H20N2O4S/c1-2-3-12-26-20(25)14-8-10-16(11-9-14)22-21(28)23-19(24)18-13-15-6-4-5-7-17(15)27-18/h4-11,13H,2-3,12H2,1H3,(H2,22,23,24,28). The Balaban J connectivity index is 1.55. The van der Waals surface area contributed by atoms with Gasteiger partial charge in [-0.05, 0) is 55.0 Å². The van der Waals surface area contributed by atoms with Crippen LogP contribution in [0.5, 0.6) is 0 Å². The normalized spacial score (nSPS) is 10.5. The zero-order chi connectivity index (χ0) is 19.9. The van der Waals surface area contributed by atoms with E-state index in [2.05, 4.69) is 10.6 Å². The molecule has 3 aromatic rings. The van der Waals surface area contributed by atoms with Gasteiger partial charge in [-0.1, -0.05) is 31.5 Å². The van der Waals surface area contributed by atoms with E-state index in [1.165, 1.54) is 0 Å². The van der Waals surface area contributed by atoms with Gasteiger partial charge in [0.25, 0.3) is 5.91 Å². The second-order valence-corrected chi connectivity index (χ2v) is 6.53. The number of ether oxygens (including phenoxy) is 1. The number of rotatable bonds is 6. The van der Waals surface area contributed by atoms with Crippen molar-refractivity contribution in [2.75, 3.05) is 11.9 Å².